The number of methoxy groups -OCH3 is 1. The normalized spacial score (nSPS) is 20.8. The maximum atomic E-state index is 11.4. The molecular weight excluding hydrogens is 232 g/mol. The summed E-state index contributed by atoms with van der Waals surface area (Å²) in [5, 5.41) is 0. The van der Waals surface area contributed by atoms with Gasteiger partial charge in [-0.2, -0.15) is 0 Å². The van der Waals surface area contributed by atoms with Crippen LogP contribution < -0.4 is 10.6 Å². The number of nitrogens with zero attached hydrogens (tertiary/aromatic N) is 3. The van der Waals surface area contributed by atoms with Gasteiger partial charge in [-0.15, -0.1) is 0 Å². The highest BCUT2D eigenvalue weighted by Gasteiger charge is 2.26. The van der Waals surface area contributed by atoms with Gasteiger partial charge in [0.25, 0.3) is 0 Å². The Balaban J connectivity index is 2.12. The molecule has 2 atom stereocenters. The van der Waals surface area contributed by atoms with E-state index in [1.54, 1.807) is 12.3 Å². The van der Waals surface area contributed by atoms with Crippen molar-refractivity contribution in [3.8, 4) is 0 Å². The number of aromatic nitrogens is 2. The van der Waals surface area contributed by atoms with E-state index in [4.69, 9.17) is 5.73 Å². The van der Waals surface area contributed by atoms with Crippen LogP contribution in [0.5, 0.6) is 0 Å². The molecule has 1 aliphatic rings. The Hall–Kier alpha value is -1.69. The Labute approximate surface area is 106 Å². The van der Waals surface area contributed by atoms with E-state index in [1.807, 2.05) is 6.92 Å². The van der Waals surface area contributed by atoms with E-state index in [0.29, 0.717) is 5.92 Å². The van der Waals surface area contributed by atoms with Gasteiger partial charge < -0.3 is 15.4 Å². The van der Waals surface area contributed by atoms with Crippen LogP contribution in [0.3, 0.4) is 0 Å². The number of carbonyl (C=O) groups excluding carboxylic acids is 1. The molecule has 0 spiro atoms. The average Bonchev–Trinajstić information content (AvgIpc) is 2.88. The number of anilines is 1. The molecule has 98 valence electrons. The van der Waals surface area contributed by atoms with Crippen LogP contribution in [0.2, 0.25) is 0 Å². The topological polar surface area (TPSA) is 81.3 Å². The van der Waals surface area contributed by atoms with E-state index in [-0.39, 0.29) is 11.9 Å². The maximum absolute atomic E-state index is 11.4. The van der Waals surface area contributed by atoms with Crippen LogP contribution in [-0.4, -0.2) is 42.2 Å². The summed E-state index contributed by atoms with van der Waals surface area (Å²) >= 11 is 0. The Kier molecular flexibility index (Phi) is 3.76. The molecule has 1 aromatic rings. The van der Waals surface area contributed by atoms with Crippen LogP contribution in [0.4, 0.5) is 5.82 Å². The van der Waals surface area contributed by atoms with Gasteiger partial charge in [0.2, 0.25) is 5.82 Å². The van der Waals surface area contributed by atoms with E-state index in [1.165, 1.54) is 7.11 Å². The summed E-state index contributed by atoms with van der Waals surface area (Å²) in [6.07, 6.45) is 2.63. The molecule has 2 rings (SSSR count). The highest BCUT2D eigenvalue weighted by atomic mass is 16.5. The van der Waals surface area contributed by atoms with Crippen molar-refractivity contribution in [3.05, 3.63) is 18.1 Å². The number of nitrogens with two attached hydrogens (primary N) is 1. The lowest BCUT2D eigenvalue weighted by Crippen LogP contribution is -2.30. The molecular formula is C12H18N4O2. The fraction of sp³-hybridized carbons (Fsp3) is 0.583. The summed E-state index contributed by atoms with van der Waals surface area (Å²) in [6.45, 7) is 3.80. The third-order valence-electron chi connectivity index (χ3n) is 3.30. The van der Waals surface area contributed by atoms with Gasteiger partial charge in [-0.3, -0.25) is 0 Å². The third kappa shape index (κ3) is 2.59. The molecule has 0 bridgehead atoms. The van der Waals surface area contributed by atoms with Gasteiger partial charge >= 0.3 is 5.97 Å². The van der Waals surface area contributed by atoms with Crippen molar-refractivity contribution in [2.75, 3.05) is 25.1 Å². The van der Waals surface area contributed by atoms with Crippen molar-refractivity contribution < 1.29 is 9.53 Å². The van der Waals surface area contributed by atoms with Gasteiger partial charge in [-0.1, -0.05) is 0 Å². The first-order valence-corrected chi connectivity index (χ1v) is 6.03. The van der Waals surface area contributed by atoms with Crippen molar-refractivity contribution in [2.45, 2.75) is 19.4 Å². The van der Waals surface area contributed by atoms with E-state index < -0.39 is 5.97 Å². The zero-order chi connectivity index (χ0) is 13.1. The standard InChI is InChI=1S/C12H18N4O2/c1-8(13)9-4-6-16(7-9)10-3-5-14-11(15-10)12(17)18-2/h3,5,8-9H,4,6-7,13H2,1-2H3. The van der Waals surface area contributed by atoms with Crippen molar-refractivity contribution in [3.63, 3.8) is 0 Å². The lowest BCUT2D eigenvalue weighted by Gasteiger charge is -2.18. The van der Waals surface area contributed by atoms with Crippen molar-refractivity contribution in [1.29, 1.82) is 0 Å². The second-order valence-electron chi connectivity index (χ2n) is 4.58. The summed E-state index contributed by atoms with van der Waals surface area (Å²) in [7, 11) is 1.32. The van der Waals surface area contributed by atoms with E-state index in [9.17, 15) is 4.79 Å². The number of hydrogen-bond acceptors (Lipinski definition) is 6. The zero-order valence-electron chi connectivity index (χ0n) is 10.7. The Morgan fingerprint density at radius 2 is 2.44 bits per heavy atom. The molecule has 1 aliphatic heterocycles. The van der Waals surface area contributed by atoms with Crippen LogP contribution >= 0.6 is 0 Å². The fourth-order valence-corrected chi connectivity index (χ4v) is 2.14. The van der Waals surface area contributed by atoms with Gasteiger partial charge in [0.1, 0.15) is 5.82 Å². The van der Waals surface area contributed by atoms with E-state index in [2.05, 4.69) is 19.6 Å². The second-order valence-corrected chi connectivity index (χ2v) is 4.58. The predicted octanol–water partition coefficient (Wildman–Crippen LogP) is 0.437. The minimum Gasteiger partial charge on any atom is -0.463 e. The van der Waals surface area contributed by atoms with Gasteiger partial charge in [-0.25, -0.2) is 14.8 Å². The first-order chi connectivity index (χ1) is 8.61. The van der Waals surface area contributed by atoms with Gasteiger partial charge in [-0.05, 0) is 25.3 Å². The van der Waals surface area contributed by atoms with E-state index >= 15 is 0 Å². The summed E-state index contributed by atoms with van der Waals surface area (Å²) in [5.41, 5.74) is 5.90. The third-order valence-corrected chi connectivity index (χ3v) is 3.30. The average molecular weight is 250 g/mol. The molecule has 0 amide bonds. The number of esters is 1. The number of rotatable bonds is 3. The monoisotopic (exact) mass is 250 g/mol. The maximum Gasteiger partial charge on any atom is 0.376 e. The molecule has 1 aromatic heterocycles. The molecule has 0 aliphatic carbocycles. The Morgan fingerprint density at radius 1 is 1.67 bits per heavy atom. The second kappa shape index (κ2) is 5.30. The molecule has 0 saturated carbocycles. The first-order valence-electron chi connectivity index (χ1n) is 6.03. The molecule has 2 heterocycles. The van der Waals surface area contributed by atoms with Crippen LogP contribution in [0.25, 0.3) is 0 Å². The molecule has 18 heavy (non-hydrogen) atoms. The van der Waals surface area contributed by atoms with Gasteiger partial charge in [0.05, 0.1) is 7.11 Å². The predicted molar refractivity (Wildman–Crippen MR) is 67.3 cm³/mol. The Bertz CT molecular complexity index is 436. The number of ether oxygens (including phenoxy) is 1. The lowest BCUT2D eigenvalue weighted by atomic mass is 10.0. The smallest absolute Gasteiger partial charge is 0.376 e. The molecule has 2 unspecified atom stereocenters. The van der Waals surface area contributed by atoms with E-state index in [0.717, 1.165) is 25.3 Å². The van der Waals surface area contributed by atoms with Crippen molar-refractivity contribution in [2.24, 2.45) is 11.7 Å². The van der Waals surface area contributed by atoms with Crippen LogP contribution in [-0.2, 0) is 4.74 Å². The highest BCUT2D eigenvalue weighted by Crippen LogP contribution is 2.23. The number of carbonyl (C=O) groups is 1. The van der Waals surface area contributed by atoms with Crippen LogP contribution in [0.15, 0.2) is 12.3 Å². The summed E-state index contributed by atoms with van der Waals surface area (Å²) in [4.78, 5) is 21.6. The van der Waals surface area contributed by atoms with Gasteiger partial charge in [0, 0.05) is 25.3 Å². The van der Waals surface area contributed by atoms with Gasteiger partial charge in [0.15, 0.2) is 0 Å². The minimum absolute atomic E-state index is 0.0965. The highest BCUT2D eigenvalue weighted by molar-refractivity contribution is 5.85. The lowest BCUT2D eigenvalue weighted by molar-refractivity contribution is 0.0587. The molecule has 1 fully saturated rings. The van der Waals surface area contributed by atoms with Crippen LogP contribution in [0, 0.1) is 5.92 Å². The fourth-order valence-electron chi connectivity index (χ4n) is 2.14. The summed E-state index contributed by atoms with van der Waals surface area (Å²) < 4.78 is 4.61. The minimum atomic E-state index is -0.514. The molecule has 1 saturated heterocycles. The van der Waals surface area contributed by atoms with Crippen molar-refractivity contribution in [1.82, 2.24) is 9.97 Å². The molecule has 6 nitrogen and oxygen atoms in total. The molecule has 0 radical (unpaired) electrons. The first kappa shape index (κ1) is 12.8. The summed E-state index contributed by atoms with van der Waals surface area (Å²) in [5.74, 6) is 0.814. The molecule has 0 aromatic carbocycles. The number of hydrogen-bond donors (Lipinski definition) is 1. The Morgan fingerprint density at radius 3 is 3.06 bits per heavy atom. The molecule has 6 heteroatoms. The zero-order valence-corrected chi connectivity index (χ0v) is 10.7. The quantitative estimate of drug-likeness (QED) is 0.784. The van der Waals surface area contributed by atoms with Crippen LogP contribution in [0.1, 0.15) is 24.0 Å². The molecule has 2 N–H and O–H groups in total. The van der Waals surface area contributed by atoms with Crippen molar-refractivity contribution >= 4 is 11.8 Å². The summed E-state index contributed by atoms with van der Waals surface area (Å²) in [6, 6.07) is 1.98. The largest absolute Gasteiger partial charge is 0.463 e. The SMILES string of the molecule is COC(=O)c1nccc(N2CCC(C(C)N)C2)n1.